The molecule has 18 heavy (non-hydrogen) atoms. The Labute approximate surface area is 112 Å². The maximum Gasteiger partial charge on any atom is 0.208 e. The quantitative estimate of drug-likeness (QED) is 0.606. The van der Waals surface area contributed by atoms with Crippen LogP contribution in [0.5, 0.6) is 0 Å². The SMILES string of the molecule is Cc1nc(Cl)c(C)c(NCCCNS(C)(=O)=O)n1. The van der Waals surface area contributed by atoms with E-state index < -0.39 is 10.0 Å². The van der Waals surface area contributed by atoms with E-state index in [1.807, 2.05) is 6.92 Å². The van der Waals surface area contributed by atoms with Gasteiger partial charge in [-0.05, 0) is 20.3 Å². The molecule has 102 valence electrons. The third-order valence-electron chi connectivity index (χ3n) is 2.21. The van der Waals surface area contributed by atoms with Gasteiger partial charge in [-0.25, -0.2) is 23.1 Å². The highest BCUT2D eigenvalue weighted by Crippen LogP contribution is 2.19. The molecular formula is C10H17ClN4O2S. The van der Waals surface area contributed by atoms with Crippen molar-refractivity contribution in [2.24, 2.45) is 0 Å². The van der Waals surface area contributed by atoms with E-state index in [1.54, 1.807) is 6.92 Å². The molecule has 1 heterocycles. The van der Waals surface area contributed by atoms with Crippen LogP contribution in [0.2, 0.25) is 5.15 Å². The van der Waals surface area contributed by atoms with E-state index in [9.17, 15) is 8.42 Å². The lowest BCUT2D eigenvalue weighted by molar-refractivity contribution is 0.586. The first-order chi connectivity index (χ1) is 8.29. The van der Waals surface area contributed by atoms with Crippen molar-refractivity contribution < 1.29 is 8.42 Å². The van der Waals surface area contributed by atoms with E-state index in [0.717, 1.165) is 11.8 Å². The number of hydrogen-bond donors (Lipinski definition) is 2. The molecule has 0 radical (unpaired) electrons. The molecule has 0 unspecified atom stereocenters. The van der Waals surface area contributed by atoms with Gasteiger partial charge in [0.15, 0.2) is 0 Å². The Morgan fingerprint density at radius 2 is 1.89 bits per heavy atom. The minimum atomic E-state index is -3.12. The van der Waals surface area contributed by atoms with Gasteiger partial charge in [-0.15, -0.1) is 0 Å². The lowest BCUT2D eigenvalue weighted by atomic mass is 10.3. The molecule has 0 atom stereocenters. The molecule has 0 aliphatic rings. The average Bonchev–Trinajstić information content (AvgIpc) is 2.22. The van der Waals surface area contributed by atoms with Crippen molar-refractivity contribution in [2.75, 3.05) is 24.7 Å². The molecule has 6 nitrogen and oxygen atoms in total. The molecule has 2 N–H and O–H groups in total. The maximum absolute atomic E-state index is 10.8. The van der Waals surface area contributed by atoms with Crippen LogP contribution in [-0.4, -0.2) is 37.7 Å². The first kappa shape index (κ1) is 15.1. The van der Waals surface area contributed by atoms with Crippen molar-refractivity contribution >= 4 is 27.4 Å². The normalized spacial score (nSPS) is 11.6. The fraction of sp³-hybridized carbons (Fsp3) is 0.600. The summed E-state index contributed by atoms with van der Waals surface area (Å²) in [6, 6.07) is 0. The second-order valence-electron chi connectivity index (χ2n) is 3.98. The lowest BCUT2D eigenvalue weighted by Gasteiger charge is -2.10. The molecule has 0 aliphatic heterocycles. The zero-order chi connectivity index (χ0) is 13.8. The highest BCUT2D eigenvalue weighted by Gasteiger charge is 2.06. The van der Waals surface area contributed by atoms with Crippen LogP contribution in [0.3, 0.4) is 0 Å². The predicted molar refractivity (Wildman–Crippen MR) is 72.5 cm³/mol. The van der Waals surface area contributed by atoms with Gasteiger partial charge in [-0.3, -0.25) is 0 Å². The van der Waals surface area contributed by atoms with Crippen LogP contribution < -0.4 is 10.0 Å². The van der Waals surface area contributed by atoms with E-state index in [2.05, 4.69) is 20.0 Å². The van der Waals surface area contributed by atoms with Gasteiger partial charge in [0.2, 0.25) is 10.0 Å². The maximum atomic E-state index is 10.8. The van der Waals surface area contributed by atoms with Gasteiger partial charge in [-0.2, -0.15) is 0 Å². The van der Waals surface area contributed by atoms with Gasteiger partial charge >= 0.3 is 0 Å². The number of rotatable bonds is 6. The summed E-state index contributed by atoms with van der Waals surface area (Å²) in [4.78, 5) is 8.27. The van der Waals surface area contributed by atoms with Crippen molar-refractivity contribution in [1.29, 1.82) is 0 Å². The fourth-order valence-electron chi connectivity index (χ4n) is 1.32. The van der Waals surface area contributed by atoms with Gasteiger partial charge in [0.05, 0.1) is 6.26 Å². The summed E-state index contributed by atoms with van der Waals surface area (Å²) in [5.74, 6) is 1.29. The molecule has 1 aromatic rings. The number of hydrogen-bond acceptors (Lipinski definition) is 5. The standard InChI is InChI=1S/C10H17ClN4O2S/c1-7-9(11)14-8(2)15-10(7)12-5-4-6-13-18(3,16)17/h13H,4-6H2,1-3H3,(H,12,14,15). The summed E-state index contributed by atoms with van der Waals surface area (Å²) < 4.78 is 24.1. The van der Waals surface area contributed by atoms with E-state index in [4.69, 9.17) is 11.6 Å². The summed E-state index contributed by atoms with van der Waals surface area (Å²) in [5, 5.41) is 3.54. The van der Waals surface area contributed by atoms with E-state index in [1.165, 1.54) is 0 Å². The van der Waals surface area contributed by atoms with Crippen molar-refractivity contribution in [3.8, 4) is 0 Å². The summed E-state index contributed by atoms with van der Waals surface area (Å²) in [6.07, 6.45) is 1.80. The summed E-state index contributed by atoms with van der Waals surface area (Å²) in [6.45, 7) is 4.60. The molecule has 0 amide bonds. The van der Waals surface area contributed by atoms with Crippen LogP contribution in [-0.2, 0) is 10.0 Å². The van der Waals surface area contributed by atoms with Crippen molar-refractivity contribution in [3.05, 3.63) is 16.5 Å². The number of anilines is 1. The van der Waals surface area contributed by atoms with Crippen LogP contribution in [0.25, 0.3) is 0 Å². The third-order valence-corrected chi connectivity index (χ3v) is 3.30. The molecule has 1 rings (SSSR count). The Morgan fingerprint density at radius 1 is 1.22 bits per heavy atom. The second-order valence-corrected chi connectivity index (χ2v) is 6.17. The summed E-state index contributed by atoms with van der Waals surface area (Å²) >= 11 is 5.94. The Bertz CT molecular complexity index is 519. The van der Waals surface area contributed by atoms with Crippen LogP contribution >= 0.6 is 11.6 Å². The fourth-order valence-corrected chi connectivity index (χ4v) is 2.05. The Hall–Kier alpha value is -0.920. The van der Waals surface area contributed by atoms with Gasteiger partial charge in [0, 0.05) is 18.7 Å². The lowest BCUT2D eigenvalue weighted by Crippen LogP contribution is -2.24. The van der Waals surface area contributed by atoms with Gasteiger partial charge < -0.3 is 5.32 Å². The van der Waals surface area contributed by atoms with Crippen molar-refractivity contribution in [2.45, 2.75) is 20.3 Å². The summed E-state index contributed by atoms with van der Waals surface area (Å²) in [5.41, 5.74) is 0.790. The van der Waals surface area contributed by atoms with Crippen molar-refractivity contribution in [3.63, 3.8) is 0 Å². The average molecular weight is 293 g/mol. The van der Waals surface area contributed by atoms with E-state index >= 15 is 0 Å². The smallest absolute Gasteiger partial charge is 0.208 e. The highest BCUT2D eigenvalue weighted by atomic mass is 35.5. The predicted octanol–water partition coefficient (Wildman–Crippen LogP) is 1.10. The summed E-state index contributed by atoms with van der Waals surface area (Å²) in [7, 11) is -3.12. The zero-order valence-corrected chi connectivity index (χ0v) is 12.2. The van der Waals surface area contributed by atoms with Crippen LogP contribution in [0.1, 0.15) is 17.8 Å². The largest absolute Gasteiger partial charge is 0.370 e. The minimum absolute atomic E-state index is 0.392. The van der Waals surface area contributed by atoms with Crippen LogP contribution in [0.15, 0.2) is 0 Å². The van der Waals surface area contributed by atoms with Crippen LogP contribution in [0.4, 0.5) is 5.82 Å². The molecular weight excluding hydrogens is 276 g/mol. The monoisotopic (exact) mass is 292 g/mol. The van der Waals surface area contributed by atoms with Gasteiger partial charge in [0.25, 0.3) is 0 Å². The molecule has 0 saturated heterocycles. The second kappa shape index (κ2) is 6.31. The zero-order valence-electron chi connectivity index (χ0n) is 10.6. The number of halogens is 1. The third kappa shape index (κ3) is 5.16. The van der Waals surface area contributed by atoms with E-state index in [-0.39, 0.29) is 0 Å². The first-order valence-corrected chi connectivity index (χ1v) is 7.76. The molecule has 0 aromatic carbocycles. The molecule has 0 saturated carbocycles. The van der Waals surface area contributed by atoms with Crippen LogP contribution in [0, 0.1) is 13.8 Å². The molecule has 0 fully saturated rings. The molecule has 1 aromatic heterocycles. The Kier molecular flexibility index (Phi) is 5.30. The van der Waals surface area contributed by atoms with Crippen molar-refractivity contribution in [1.82, 2.24) is 14.7 Å². The number of nitrogens with one attached hydrogen (secondary N) is 2. The number of sulfonamides is 1. The Morgan fingerprint density at radius 3 is 2.50 bits per heavy atom. The topological polar surface area (TPSA) is 84.0 Å². The molecule has 0 spiro atoms. The number of aryl methyl sites for hydroxylation is 1. The highest BCUT2D eigenvalue weighted by molar-refractivity contribution is 7.88. The van der Waals surface area contributed by atoms with Gasteiger partial charge in [-0.1, -0.05) is 11.6 Å². The number of aromatic nitrogens is 2. The number of nitrogens with zero attached hydrogens (tertiary/aromatic N) is 2. The minimum Gasteiger partial charge on any atom is -0.370 e. The molecule has 0 bridgehead atoms. The molecule has 0 aliphatic carbocycles. The van der Waals surface area contributed by atoms with Gasteiger partial charge in [0.1, 0.15) is 16.8 Å². The Balaban J connectivity index is 2.45. The van der Waals surface area contributed by atoms with E-state index in [0.29, 0.717) is 36.3 Å². The first-order valence-electron chi connectivity index (χ1n) is 5.49. The molecule has 8 heteroatoms.